The van der Waals surface area contributed by atoms with E-state index in [0.717, 1.165) is 31.6 Å². The van der Waals surface area contributed by atoms with Crippen LogP contribution in [0.3, 0.4) is 0 Å². The first-order valence-corrected chi connectivity index (χ1v) is 7.12. The highest BCUT2D eigenvalue weighted by atomic mass is 32.2. The largest absolute Gasteiger partial charge is 0.329 e. The number of primary sulfonamides is 1. The molecule has 6 heteroatoms. The molecule has 0 radical (unpaired) electrons. The first-order valence-electron chi connectivity index (χ1n) is 5.58. The van der Waals surface area contributed by atoms with Crippen LogP contribution in [0.4, 0.5) is 0 Å². The van der Waals surface area contributed by atoms with Crippen LogP contribution in [-0.2, 0) is 23.0 Å². The van der Waals surface area contributed by atoms with Gasteiger partial charge in [-0.2, -0.15) is 0 Å². The van der Waals surface area contributed by atoms with Crippen LogP contribution in [0.15, 0.2) is 23.1 Å². The molecule has 0 saturated heterocycles. The topological polar surface area (TPSA) is 89.4 Å². The van der Waals surface area contributed by atoms with Gasteiger partial charge in [-0.25, -0.2) is 13.6 Å². The molecule has 4 N–H and O–H groups in total. The fourth-order valence-corrected chi connectivity index (χ4v) is 2.71. The van der Waals surface area contributed by atoms with Gasteiger partial charge in [0.1, 0.15) is 0 Å². The van der Waals surface area contributed by atoms with Crippen molar-refractivity contribution >= 4 is 10.0 Å². The second kappa shape index (κ2) is 4.73. The third kappa shape index (κ3) is 2.84. The molecule has 1 aromatic rings. The Balaban J connectivity index is 2.29. The van der Waals surface area contributed by atoms with Crippen molar-refractivity contribution in [1.82, 2.24) is 4.90 Å². The standard InChI is InChI=1S/C11H17N3O2S/c12-4-6-14-5-3-9-1-2-11(17(13,15)16)7-10(9)8-14/h1-2,7H,3-6,8,12H2,(H2,13,15,16). The molecule has 0 aliphatic carbocycles. The average molecular weight is 255 g/mol. The Morgan fingerprint density at radius 2 is 2.06 bits per heavy atom. The Morgan fingerprint density at radius 3 is 2.71 bits per heavy atom. The van der Waals surface area contributed by atoms with E-state index in [4.69, 9.17) is 10.9 Å². The molecule has 94 valence electrons. The monoisotopic (exact) mass is 255 g/mol. The van der Waals surface area contributed by atoms with Crippen LogP contribution in [0.5, 0.6) is 0 Å². The van der Waals surface area contributed by atoms with Crippen molar-refractivity contribution in [2.24, 2.45) is 10.9 Å². The number of nitrogens with two attached hydrogens (primary N) is 2. The predicted molar refractivity (Wildman–Crippen MR) is 65.9 cm³/mol. The lowest BCUT2D eigenvalue weighted by Gasteiger charge is -2.28. The Hall–Kier alpha value is -0.950. The molecule has 1 aliphatic heterocycles. The van der Waals surface area contributed by atoms with E-state index in [-0.39, 0.29) is 4.90 Å². The fraction of sp³-hybridized carbons (Fsp3) is 0.455. The minimum Gasteiger partial charge on any atom is -0.329 e. The average Bonchev–Trinajstić information content (AvgIpc) is 2.27. The molecule has 0 amide bonds. The molecule has 0 aromatic heterocycles. The van der Waals surface area contributed by atoms with Gasteiger partial charge in [-0.3, -0.25) is 4.90 Å². The first kappa shape index (κ1) is 12.5. The number of hydrogen-bond donors (Lipinski definition) is 2. The Bertz CT molecular complexity index is 513. The zero-order valence-electron chi connectivity index (χ0n) is 9.59. The van der Waals surface area contributed by atoms with Gasteiger partial charge < -0.3 is 5.73 Å². The number of rotatable bonds is 3. The summed E-state index contributed by atoms with van der Waals surface area (Å²) in [6, 6.07) is 5.11. The van der Waals surface area contributed by atoms with Crippen LogP contribution in [0.2, 0.25) is 0 Å². The summed E-state index contributed by atoms with van der Waals surface area (Å²) in [5.74, 6) is 0. The molecule has 0 atom stereocenters. The SMILES string of the molecule is NCCN1CCc2ccc(S(N)(=O)=O)cc2C1. The van der Waals surface area contributed by atoms with Crippen molar-refractivity contribution in [3.8, 4) is 0 Å². The Kier molecular flexibility index (Phi) is 3.48. The number of hydrogen-bond acceptors (Lipinski definition) is 4. The van der Waals surface area contributed by atoms with Crippen LogP contribution in [0, 0.1) is 0 Å². The van der Waals surface area contributed by atoms with Crippen LogP contribution in [0.25, 0.3) is 0 Å². The molecular formula is C11H17N3O2S. The van der Waals surface area contributed by atoms with E-state index in [1.54, 1.807) is 12.1 Å². The number of benzene rings is 1. The second-order valence-corrected chi connectivity index (χ2v) is 5.85. The minimum atomic E-state index is -3.61. The lowest BCUT2D eigenvalue weighted by molar-refractivity contribution is 0.261. The lowest BCUT2D eigenvalue weighted by Crippen LogP contribution is -2.34. The Morgan fingerprint density at radius 1 is 1.29 bits per heavy atom. The van der Waals surface area contributed by atoms with E-state index in [1.807, 2.05) is 6.07 Å². The molecule has 17 heavy (non-hydrogen) atoms. The van der Waals surface area contributed by atoms with Gasteiger partial charge in [0.25, 0.3) is 0 Å². The first-order chi connectivity index (χ1) is 8.00. The van der Waals surface area contributed by atoms with Gasteiger partial charge in [-0.1, -0.05) is 6.07 Å². The summed E-state index contributed by atoms with van der Waals surface area (Å²) in [5, 5.41) is 5.12. The summed E-state index contributed by atoms with van der Waals surface area (Å²) in [7, 11) is -3.61. The van der Waals surface area contributed by atoms with Gasteiger partial charge in [0.05, 0.1) is 4.90 Å². The zero-order chi connectivity index (χ0) is 12.5. The van der Waals surface area contributed by atoms with E-state index in [9.17, 15) is 8.42 Å². The van der Waals surface area contributed by atoms with Crippen molar-refractivity contribution in [2.75, 3.05) is 19.6 Å². The molecule has 2 rings (SSSR count). The third-order valence-electron chi connectivity index (χ3n) is 3.04. The Labute approximate surface area is 101 Å². The third-order valence-corrected chi connectivity index (χ3v) is 3.95. The summed E-state index contributed by atoms with van der Waals surface area (Å²) in [4.78, 5) is 2.40. The van der Waals surface area contributed by atoms with Gasteiger partial charge in [-0.05, 0) is 29.7 Å². The smallest absolute Gasteiger partial charge is 0.238 e. The molecule has 0 saturated carbocycles. The van der Waals surface area contributed by atoms with Crippen LogP contribution >= 0.6 is 0 Å². The van der Waals surface area contributed by atoms with Crippen molar-refractivity contribution in [3.05, 3.63) is 29.3 Å². The van der Waals surface area contributed by atoms with Gasteiger partial charge in [0, 0.05) is 26.2 Å². The molecule has 0 unspecified atom stereocenters. The summed E-state index contributed by atoms with van der Waals surface area (Å²) >= 11 is 0. The van der Waals surface area contributed by atoms with Crippen LogP contribution < -0.4 is 10.9 Å². The summed E-state index contributed by atoms with van der Waals surface area (Å²) in [6.07, 6.45) is 0.931. The highest BCUT2D eigenvalue weighted by Crippen LogP contribution is 2.21. The van der Waals surface area contributed by atoms with E-state index in [2.05, 4.69) is 4.90 Å². The summed E-state index contributed by atoms with van der Waals surface area (Å²) < 4.78 is 22.5. The molecule has 1 aliphatic rings. The van der Waals surface area contributed by atoms with Gasteiger partial charge in [0.15, 0.2) is 0 Å². The van der Waals surface area contributed by atoms with Crippen LogP contribution in [-0.4, -0.2) is 33.0 Å². The van der Waals surface area contributed by atoms with E-state index in [1.165, 1.54) is 5.56 Å². The van der Waals surface area contributed by atoms with Crippen LogP contribution in [0.1, 0.15) is 11.1 Å². The van der Waals surface area contributed by atoms with E-state index < -0.39 is 10.0 Å². The van der Waals surface area contributed by atoms with E-state index in [0.29, 0.717) is 6.54 Å². The fourth-order valence-electron chi connectivity index (χ4n) is 2.14. The van der Waals surface area contributed by atoms with Crippen molar-refractivity contribution < 1.29 is 8.42 Å². The van der Waals surface area contributed by atoms with Crippen molar-refractivity contribution in [1.29, 1.82) is 0 Å². The highest BCUT2D eigenvalue weighted by Gasteiger charge is 2.18. The maximum absolute atomic E-state index is 11.3. The highest BCUT2D eigenvalue weighted by molar-refractivity contribution is 7.89. The molecule has 5 nitrogen and oxygen atoms in total. The van der Waals surface area contributed by atoms with Gasteiger partial charge >= 0.3 is 0 Å². The normalized spacial score (nSPS) is 16.8. The van der Waals surface area contributed by atoms with E-state index >= 15 is 0 Å². The van der Waals surface area contributed by atoms with Crippen molar-refractivity contribution in [2.45, 2.75) is 17.9 Å². The quantitative estimate of drug-likeness (QED) is 0.772. The zero-order valence-corrected chi connectivity index (χ0v) is 10.4. The minimum absolute atomic E-state index is 0.186. The summed E-state index contributed by atoms with van der Waals surface area (Å²) in [5.41, 5.74) is 7.76. The molecule has 0 fully saturated rings. The number of fused-ring (bicyclic) bond motifs is 1. The molecule has 0 bridgehead atoms. The maximum Gasteiger partial charge on any atom is 0.238 e. The number of sulfonamides is 1. The molecule has 1 heterocycles. The van der Waals surface area contributed by atoms with Crippen molar-refractivity contribution in [3.63, 3.8) is 0 Å². The molecular weight excluding hydrogens is 238 g/mol. The lowest BCUT2D eigenvalue weighted by atomic mass is 10.00. The molecule has 0 spiro atoms. The maximum atomic E-state index is 11.3. The van der Waals surface area contributed by atoms with Gasteiger partial charge in [-0.15, -0.1) is 0 Å². The second-order valence-electron chi connectivity index (χ2n) is 4.29. The molecule has 1 aromatic carbocycles. The number of nitrogens with zero attached hydrogens (tertiary/aromatic N) is 1. The summed E-state index contributed by atoms with van der Waals surface area (Å²) in [6.45, 7) is 3.16. The van der Waals surface area contributed by atoms with Gasteiger partial charge in [0.2, 0.25) is 10.0 Å². The predicted octanol–water partition coefficient (Wildman–Crippen LogP) is -0.349.